The summed E-state index contributed by atoms with van der Waals surface area (Å²) in [5, 5.41) is 3.15. The topological polar surface area (TPSA) is 32.3 Å². The van der Waals surface area contributed by atoms with Gasteiger partial charge in [-0.15, -0.1) is 0 Å². The van der Waals surface area contributed by atoms with Crippen LogP contribution in [0.3, 0.4) is 0 Å². The van der Waals surface area contributed by atoms with Gasteiger partial charge in [0.05, 0.1) is 0 Å². The minimum absolute atomic E-state index is 0.180. The SMILES string of the molecule is CCC(=O)NC1CCN(CCc2ccccc2)CC1C. The fraction of sp³-hybridized carbons (Fsp3) is 0.588. The van der Waals surface area contributed by atoms with E-state index in [1.807, 2.05) is 6.92 Å². The Labute approximate surface area is 122 Å². The van der Waals surface area contributed by atoms with Crippen LogP contribution in [0.5, 0.6) is 0 Å². The monoisotopic (exact) mass is 274 g/mol. The molecular weight excluding hydrogens is 248 g/mol. The van der Waals surface area contributed by atoms with Crippen LogP contribution in [0.2, 0.25) is 0 Å². The number of nitrogens with one attached hydrogen (secondary N) is 1. The van der Waals surface area contributed by atoms with Crippen LogP contribution < -0.4 is 5.32 Å². The van der Waals surface area contributed by atoms with Gasteiger partial charge in [0.1, 0.15) is 0 Å². The molecular formula is C17H26N2O. The molecule has 1 amide bonds. The van der Waals surface area contributed by atoms with Gasteiger partial charge in [-0.05, 0) is 24.3 Å². The normalized spacial score (nSPS) is 23.5. The number of amides is 1. The van der Waals surface area contributed by atoms with Crippen LogP contribution in [-0.2, 0) is 11.2 Å². The second-order valence-electron chi connectivity index (χ2n) is 5.83. The van der Waals surface area contributed by atoms with Crippen molar-refractivity contribution in [3.63, 3.8) is 0 Å². The van der Waals surface area contributed by atoms with Crippen LogP contribution in [0.15, 0.2) is 30.3 Å². The van der Waals surface area contributed by atoms with E-state index in [0.29, 0.717) is 18.4 Å². The smallest absolute Gasteiger partial charge is 0.219 e. The zero-order valence-electron chi connectivity index (χ0n) is 12.6. The van der Waals surface area contributed by atoms with Crippen LogP contribution in [-0.4, -0.2) is 36.5 Å². The van der Waals surface area contributed by atoms with Crippen molar-refractivity contribution in [1.82, 2.24) is 10.2 Å². The number of benzene rings is 1. The van der Waals surface area contributed by atoms with E-state index in [2.05, 4.69) is 47.5 Å². The van der Waals surface area contributed by atoms with Gasteiger partial charge >= 0.3 is 0 Å². The lowest BCUT2D eigenvalue weighted by Crippen LogP contribution is -2.50. The quantitative estimate of drug-likeness (QED) is 0.894. The average molecular weight is 274 g/mol. The molecule has 2 rings (SSSR count). The van der Waals surface area contributed by atoms with Gasteiger partial charge in [0.15, 0.2) is 0 Å². The van der Waals surface area contributed by atoms with Gasteiger partial charge in [-0.3, -0.25) is 4.79 Å². The molecule has 0 aromatic heterocycles. The van der Waals surface area contributed by atoms with E-state index in [0.717, 1.165) is 32.5 Å². The molecule has 0 spiro atoms. The first-order valence-electron chi connectivity index (χ1n) is 7.74. The summed E-state index contributed by atoms with van der Waals surface area (Å²) in [5.74, 6) is 0.717. The third-order valence-electron chi connectivity index (χ3n) is 4.22. The lowest BCUT2D eigenvalue weighted by molar-refractivity contribution is -0.122. The molecule has 1 aliphatic heterocycles. The Kier molecular flexibility index (Phi) is 5.60. The molecule has 1 fully saturated rings. The maximum absolute atomic E-state index is 11.5. The first-order valence-corrected chi connectivity index (χ1v) is 7.74. The van der Waals surface area contributed by atoms with E-state index < -0.39 is 0 Å². The fourth-order valence-electron chi connectivity index (χ4n) is 2.89. The molecule has 1 aliphatic rings. The summed E-state index contributed by atoms with van der Waals surface area (Å²) in [6, 6.07) is 11.0. The number of carbonyl (C=O) groups excluding carboxylic acids is 1. The molecule has 0 aliphatic carbocycles. The largest absolute Gasteiger partial charge is 0.353 e. The maximum atomic E-state index is 11.5. The van der Waals surface area contributed by atoms with Gasteiger partial charge in [-0.1, -0.05) is 44.2 Å². The highest BCUT2D eigenvalue weighted by Crippen LogP contribution is 2.17. The predicted molar refractivity (Wildman–Crippen MR) is 82.6 cm³/mol. The Balaban J connectivity index is 1.76. The molecule has 1 heterocycles. The zero-order chi connectivity index (χ0) is 14.4. The van der Waals surface area contributed by atoms with Gasteiger partial charge in [0.2, 0.25) is 5.91 Å². The molecule has 3 heteroatoms. The van der Waals surface area contributed by atoms with Crippen LogP contribution in [0.1, 0.15) is 32.3 Å². The first kappa shape index (κ1) is 15.0. The Morgan fingerprint density at radius 3 is 2.75 bits per heavy atom. The predicted octanol–water partition coefficient (Wildman–Crippen LogP) is 2.47. The summed E-state index contributed by atoms with van der Waals surface area (Å²) in [6.07, 6.45) is 2.77. The zero-order valence-corrected chi connectivity index (χ0v) is 12.6. The standard InChI is InChI=1S/C17H26N2O/c1-3-17(20)18-16-10-12-19(13-14(16)2)11-9-15-7-5-4-6-8-15/h4-8,14,16H,3,9-13H2,1-2H3,(H,18,20). The number of hydrogen-bond donors (Lipinski definition) is 1. The molecule has 1 saturated heterocycles. The van der Waals surface area contributed by atoms with Crippen molar-refractivity contribution < 1.29 is 4.79 Å². The molecule has 2 atom stereocenters. The summed E-state index contributed by atoms with van der Waals surface area (Å²) in [5.41, 5.74) is 1.40. The van der Waals surface area contributed by atoms with E-state index in [4.69, 9.17) is 0 Å². The van der Waals surface area contributed by atoms with Gasteiger partial charge in [0.25, 0.3) is 0 Å². The number of likely N-dealkylation sites (tertiary alicyclic amines) is 1. The van der Waals surface area contributed by atoms with Crippen molar-refractivity contribution in [2.75, 3.05) is 19.6 Å². The molecule has 1 aromatic rings. The van der Waals surface area contributed by atoms with Crippen LogP contribution in [0.4, 0.5) is 0 Å². The molecule has 1 aromatic carbocycles. The van der Waals surface area contributed by atoms with Crippen molar-refractivity contribution in [2.45, 2.75) is 39.2 Å². The van der Waals surface area contributed by atoms with Crippen molar-refractivity contribution in [1.29, 1.82) is 0 Å². The lowest BCUT2D eigenvalue weighted by Gasteiger charge is -2.37. The van der Waals surface area contributed by atoms with E-state index in [1.54, 1.807) is 0 Å². The summed E-state index contributed by atoms with van der Waals surface area (Å²) in [6.45, 7) is 7.44. The molecule has 0 saturated carbocycles. The highest BCUT2D eigenvalue weighted by molar-refractivity contribution is 5.75. The van der Waals surface area contributed by atoms with E-state index in [9.17, 15) is 4.79 Å². The van der Waals surface area contributed by atoms with E-state index >= 15 is 0 Å². The first-order chi connectivity index (χ1) is 9.69. The minimum atomic E-state index is 0.180. The third kappa shape index (κ3) is 4.34. The van der Waals surface area contributed by atoms with Gasteiger partial charge in [0, 0.05) is 32.1 Å². The molecule has 0 radical (unpaired) electrons. The maximum Gasteiger partial charge on any atom is 0.219 e. The fourth-order valence-corrected chi connectivity index (χ4v) is 2.89. The molecule has 3 nitrogen and oxygen atoms in total. The minimum Gasteiger partial charge on any atom is -0.353 e. The molecule has 1 N–H and O–H groups in total. The van der Waals surface area contributed by atoms with Crippen LogP contribution in [0, 0.1) is 5.92 Å². The van der Waals surface area contributed by atoms with Gasteiger partial charge in [-0.2, -0.15) is 0 Å². The third-order valence-corrected chi connectivity index (χ3v) is 4.22. The summed E-state index contributed by atoms with van der Waals surface area (Å²) in [7, 11) is 0. The Hall–Kier alpha value is -1.35. The number of nitrogens with zero attached hydrogens (tertiary/aromatic N) is 1. The van der Waals surface area contributed by atoms with Crippen molar-refractivity contribution in [2.24, 2.45) is 5.92 Å². The van der Waals surface area contributed by atoms with Crippen LogP contribution in [0.25, 0.3) is 0 Å². The summed E-state index contributed by atoms with van der Waals surface area (Å²) >= 11 is 0. The van der Waals surface area contributed by atoms with E-state index in [-0.39, 0.29) is 5.91 Å². The van der Waals surface area contributed by atoms with Crippen LogP contribution >= 0.6 is 0 Å². The lowest BCUT2D eigenvalue weighted by atomic mass is 9.93. The number of rotatable bonds is 5. The highest BCUT2D eigenvalue weighted by atomic mass is 16.1. The Morgan fingerprint density at radius 2 is 2.10 bits per heavy atom. The summed E-state index contributed by atoms with van der Waals surface area (Å²) < 4.78 is 0. The Bertz CT molecular complexity index is 418. The van der Waals surface area contributed by atoms with Gasteiger partial charge in [-0.25, -0.2) is 0 Å². The molecule has 0 bridgehead atoms. The summed E-state index contributed by atoms with van der Waals surface area (Å²) in [4.78, 5) is 14.0. The second-order valence-corrected chi connectivity index (χ2v) is 5.83. The van der Waals surface area contributed by atoms with Crippen molar-refractivity contribution >= 4 is 5.91 Å². The Morgan fingerprint density at radius 1 is 1.35 bits per heavy atom. The van der Waals surface area contributed by atoms with Gasteiger partial charge < -0.3 is 10.2 Å². The number of hydrogen-bond acceptors (Lipinski definition) is 2. The van der Waals surface area contributed by atoms with E-state index in [1.165, 1.54) is 5.56 Å². The number of carbonyl (C=O) groups is 1. The molecule has 2 unspecified atom stereocenters. The molecule has 20 heavy (non-hydrogen) atoms. The number of piperidine rings is 1. The second kappa shape index (κ2) is 7.44. The average Bonchev–Trinajstić information content (AvgIpc) is 2.48. The molecule has 110 valence electrons. The highest BCUT2D eigenvalue weighted by Gasteiger charge is 2.26. The van der Waals surface area contributed by atoms with Crippen molar-refractivity contribution in [3.05, 3.63) is 35.9 Å². The van der Waals surface area contributed by atoms with Crippen molar-refractivity contribution in [3.8, 4) is 0 Å².